The number of pyridine rings is 1. The van der Waals surface area contributed by atoms with Gasteiger partial charge >= 0.3 is 12.1 Å². The lowest BCUT2D eigenvalue weighted by Gasteiger charge is -2.32. The van der Waals surface area contributed by atoms with Crippen molar-refractivity contribution in [1.82, 2.24) is 14.2 Å². The van der Waals surface area contributed by atoms with Gasteiger partial charge in [-0.25, -0.2) is 13.2 Å². The zero-order valence-electron chi connectivity index (χ0n) is 16.9. The number of hydrogen-bond donors (Lipinski definition) is 1. The number of fused-ring (bicyclic) bond motifs is 1. The molecule has 1 aromatic rings. The summed E-state index contributed by atoms with van der Waals surface area (Å²) in [6, 6.07) is 5.60. The molecule has 3 heterocycles. The van der Waals surface area contributed by atoms with Gasteiger partial charge in [0.05, 0.1) is 24.6 Å². The smallest absolute Gasteiger partial charge is 0.475 e. The molecule has 0 aliphatic carbocycles. The normalized spacial score (nSPS) is 24.0. The monoisotopic (exact) mass is 467 g/mol. The lowest BCUT2D eigenvalue weighted by molar-refractivity contribution is -0.192. The SMILES string of the molecule is CN(Cc1ccccn1)C(=O)[C@H]1C[C@@H]2CCN(S(C)(=O)=O)C[C@@H]2O1.O=C(O)C(F)(F)F. The second kappa shape index (κ2) is 9.92. The van der Waals surface area contributed by atoms with E-state index in [2.05, 4.69) is 4.98 Å². The molecule has 0 bridgehead atoms. The van der Waals surface area contributed by atoms with Crippen molar-refractivity contribution >= 4 is 21.9 Å². The minimum absolute atomic E-state index is 0.0686. The summed E-state index contributed by atoms with van der Waals surface area (Å²) in [7, 11) is -1.47. The molecule has 13 heteroatoms. The summed E-state index contributed by atoms with van der Waals surface area (Å²) in [6.07, 6.45) is -1.45. The van der Waals surface area contributed by atoms with E-state index in [1.165, 1.54) is 10.6 Å². The fourth-order valence-electron chi connectivity index (χ4n) is 3.42. The van der Waals surface area contributed by atoms with Crippen molar-refractivity contribution in [2.75, 3.05) is 26.4 Å². The predicted octanol–water partition coefficient (Wildman–Crippen LogP) is 1.11. The van der Waals surface area contributed by atoms with Gasteiger partial charge in [-0.2, -0.15) is 17.5 Å². The number of piperidine rings is 1. The van der Waals surface area contributed by atoms with Crippen LogP contribution in [0.25, 0.3) is 0 Å². The molecule has 2 fully saturated rings. The second-order valence-corrected chi connectivity index (χ2v) is 9.37. The Hall–Kier alpha value is -2.25. The highest BCUT2D eigenvalue weighted by Crippen LogP contribution is 2.34. The number of rotatable bonds is 4. The fourth-order valence-corrected chi connectivity index (χ4v) is 4.28. The Morgan fingerprint density at radius 2 is 2.00 bits per heavy atom. The highest BCUT2D eigenvalue weighted by Gasteiger charge is 2.44. The van der Waals surface area contributed by atoms with Crippen LogP contribution in [0.2, 0.25) is 0 Å². The minimum Gasteiger partial charge on any atom is -0.475 e. The van der Waals surface area contributed by atoms with Crippen molar-refractivity contribution in [2.45, 2.75) is 37.8 Å². The van der Waals surface area contributed by atoms with Gasteiger partial charge in [0.2, 0.25) is 10.0 Å². The van der Waals surface area contributed by atoms with E-state index in [4.69, 9.17) is 14.6 Å². The first-order valence-electron chi connectivity index (χ1n) is 9.34. The van der Waals surface area contributed by atoms with Crippen molar-refractivity contribution in [3.05, 3.63) is 30.1 Å². The molecule has 0 spiro atoms. The van der Waals surface area contributed by atoms with E-state index >= 15 is 0 Å². The molecule has 1 aromatic heterocycles. The third-order valence-corrected chi connectivity index (χ3v) is 6.27. The van der Waals surface area contributed by atoms with E-state index in [1.807, 2.05) is 18.2 Å². The number of carbonyl (C=O) groups excluding carboxylic acids is 1. The van der Waals surface area contributed by atoms with Crippen LogP contribution >= 0.6 is 0 Å². The number of aliphatic carboxylic acids is 1. The second-order valence-electron chi connectivity index (χ2n) is 7.39. The number of sulfonamides is 1. The summed E-state index contributed by atoms with van der Waals surface area (Å²) in [6.45, 7) is 1.29. The average molecular weight is 467 g/mol. The molecular weight excluding hydrogens is 443 g/mol. The maximum atomic E-state index is 12.6. The Bertz CT molecular complexity index is 881. The third-order valence-electron chi connectivity index (χ3n) is 5.00. The van der Waals surface area contributed by atoms with Crippen LogP contribution in [0.15, 0.2) is 24.4 Å². The molecule has 2 aliphatic rings. The average Bonchev–Trinajstić information content (AvgIpc) is 3.10. The van der Waals surface area contributed by atoms with Crippen molar-refractivity contribution in [3.63, 3.8) is 0 Å². The summed E-state index contributed by atoms with van der Waals surface area (Å²) in [4.78, 5) is 27.4. The van der Waals surface area contributed by atoms with Gasteiger partial charge in [0.25, 0.3) is 5.91 Å². The Morgan fingerprint density at radius 1 is 1.35 bits per heavy atom. The van der Waals surface area contributed by atoms with Gasteiger partial charge < -0.3 is 14.7 Å². The highest BCUT2D eigenvalue weighted by molar-refractivity contribution is 7.88. The molecule has 9 nitrogen and oxygen atoms in total. The van der Waals surface area contributed by atoms with Crippen LogP contribution in [0, 0.1) is 5.92 Å². The number of alkyl halides is 3. The standard InChI is InChI=1S/C16H23N3O4S.C2HF3O2/c1-18(10-13-5-3-4-7-17-13)16(20)14-9-12-6-8-19(24(2,21)22)11-15(12)23-14;3-2(4,5)1(6)7/h3-5,7,12,14-15H,6,8-11H2,1-2H3;(H,6,7)/t12-,14+,15-;/m0./s1. The summed E-state index contributed by atoms with van der Waals surface area (Å²) in [5.74, 6) is -2.58. The predicted molar refractivity (Wildman–Crippen MR) is 102 cm³/mol. The van der Waals surface area contributed by atoms with E-state index in [0.717, 1.165) is 12.1 Å². The minimum atomic E-state index is -5.08. The number of nitrogens with zero attached hydrogens (tertiary/aromatic N) is 3. The van der Waals surface area contributed by atoms with Crippen LogP contribution in [0.1, 0.15) is 18.5 Å². The van der Waals surface area contributed by atoms with Gasteiger partial charge in [0, 0.05) is 26.3 Å². The number of likely N-dealkylation sites (N-methyl/N-ethyl adjacent to an activating group) is 1. The van der Waals surface area contributed by atoms with Crippen molar-refractivity contribution in [2.24, 2.45) is 5.92 Å². The number of ether oxygens (including phenoxy) is 1. The van der Waals surface area contributed by atoms with Gasteiger partial charge in [0.1, 0.15) is 6.10 Å². The zero-order valence-corrected chi connectivity index (χ0v) is 17.8. The molecule has 31 heavy (non-hydrogen) atoms. The number of hydrogen-bond acceptors (Lipinski definition) is 6. The maximum absolute atomic E-state index is 12.6. The lowest BCUT2D eigenvalue weighted by atomic mass is 9.92. The molecule has 2 aliphatic heterocycles. The third kappa shape index (κ3) is 7.14. The topological polar surface area (TPSA) is 117 Å². The molecule has 1 N–H and O–H groups in total. The van der Waals surface area contributed by atoms with Crippen LogP contribution in [-0.2, 0) is 30.9 Å². The molecule has 0 unspecified atom stereocenters. The first kappa shape index (κ1) is 25.0. The largest absolute Gasteiger partial charge is 0.490 e. The molecule has 1 amide bonds. The number of aromatic nitrogens is 1. The van der Waals surface area contributed by atoms with Crippen molar-refractivity contribution in [3.8, 4) is 0 Å². The Labute approximate surface area is 177 Å². The van der Waals surface area contributed by atoms with Gasteiger partial charge in [0.15, 0.2) is 0 Å². The molecular formula is C18H24F3N3O6S. The zero-order chi connectivity index (χ0) is 23.4. The van der Waals surface area contributed by atoms with Crippen LogP contribution in [0.4, 0.5) is 13.2 Å². The molecule has 0 saturated carbocycles. The molecule has 3 rings (SSSR count). The summed E-state index contributed by atoms with van der Waals surface area (Å²) in [5.41, 5.74) is 0.826. The number of carboxylic acid groups (broad SMARTS) is 1. The van der Waals surface area contributed by atoms with Gasteiger partial charge in [-0.15, -0.1) is 0 Å². The molecule has 3 atom stereocenters. The summed E-state index contributed by atoms with van der Waals surface area (Å²) >= 11 is 0. The molecule has 0 aromatic carbocycles. The first-order chi connectivity index (χ1) is 14.3. The van der Waals surface area contributed by atoms with Gasteiger partial charge in [-0.1, -0.05) is 6.07 Å². The van der Waals surface area contributed by atoms with Crippen LogP contribution in [-0.4, -0.2) is 84.4 Å². The molecule has 2 saturated heterocycles. The van der Waals surface area contributed by atoms with E-state index in [0.29, 0.717) is 26.1 Å². The quantitative estimate of drug-likeness (QED) is 0.705. The molecule has 174 valence electrons. The van der Waals surface area contributed by atoms with Crippen LogP contribution < -0.4 is 0 Å². The van der Waals surface area contributed by atoms with E-state index in [9.17, 15) is 26.4 Å². The number of halogens is 3. The summed E-state index contributed by atoms with van der Waals surface area (Å²) < 4.78 is 62.5. The van der Waals surface area contributed by atoms with Crippen molar-refractivity contribution in [1.29, 1.82) is 0 Å². The van der Waals surface area contributed by atoms with Crippen LogP contribution in [0.3, 0.4) is 0 Å². The van der Waals surface area contributed by atoms with Gasteiger partial charge in [-0.05, 0) is 30.9 Å². The maximum Gasteiger partial charge on any atom is 0.490 e. The highest BCUT2D eigenvalue weighted by atomic mass is 32.2. The lowest BCUT2D eigenvalue weighted by Crippen LogP contribution is -2.45. The number of carboxylic acids is 1. The first-order valence-corrected chi connectivity index (χ1v) is 11.2. The summed E-state index contributed by atoms with van der Waals surface area (Å²) in [5, 5.41) is 7.12. The number of carbonyl (C=O) groups is 2. The Morgan fingerprint density at radius 3 is 2.52 bits per heavy atom. The molecule has 0 radical (unpaired) electrons. The number of amides is 1. The fraction of sp³-hybridized carbons (Fsp3) is 0.611. The van der Waals surface area contributed by atoms with E-state index in [1.54, 1.807) is 18.1 Å². The van der Waals surface area contributed by atoms with Crippen LogP contribution in [0.5, 0.6) is 0 Å². The Balaban J connectivity index is 0.000000423. The van der Waals surface area contributed by atoms with E-state index < -0.39 is 28.3 Å². The Kier molecular flexibility index (Phi) is 8.00. The van der Waals surface area contributed by atoms with E-state index in [-0.39, 0.29) is 17.9 Å². The van der Waals surface area contributed by atoms with Gasteiger partial charge in [-0.3, -0.25) is 9.78 Å². The van der Waals surface area contributed by atoms with Crippen molar-refractivity contribution < 1.29 is 41.0 Å².